The zero-order valence-electron chi connectivity index (χ0n) is 7.48. The van der Waals surface area contributed by atoms with Crippen molar-refractivity contribution in [3.8, 4) is 6.07 Å². The third kappa shape index (κ3) is 2.07. The Bertz CT molecular complexity index is 340. The van der Waals surface area contributed by atoms with Crippen LogP contribution in [0.5, 0.6) is 0 Å². The minimum Gasteiger partial charge on any atom is -0.385 e. The first-order valence-corrected chi connectivity index (χ1v) is 4.70. The molecule has 1 rings (SSSR count). The SMILES string of the molecule is Cc1cc(C(O)C(O)C#N)c(C)s1. The molecule has 0 saturated heterocycles. The van der Waals surface area contributed by atoms with Crippen LogP contribution in [-0.2, 0) is 0 Å². The van der Waals surface area contributed by atoms with Crippen molar-refractivity contribution in [3.63, 3.8) is 0 Å². The van der Waals surface area contributed by atoms with Gasteiger partial charge in [0.05, 0.1) is 6.07 Å². The number of nitriles is 1. The highest BCUT2D eigenvalue weighted by atomic mass is 32.1. The molecule has 0 aliphatic heterocycles. The van der Waals surface area contributed by atoms with Gasteiger partial charge >= 0.3 is 0 Å². The zero-order chi connectivity index (χ0) is 10.0. The maximum atomic E-state index is 9.52. The predicted octanol–water partition coefficient (Wildman–Crippen LogP) is 1.28. The van der Waals surface area contributed by atoms with Gasteiger partial charge in [-0.3, -0.25) is 0 Å². The summed E-state index contributed by atoms with van der Waals surface area (Å²) in [6.07, 6.45) is -2.43. The molecular weight excluding hydrogens is 186 g/mol. The van der Waals surface area contributed by atoms with Crippen LogP contribution in [0.3, 0.4) is 0 Å². The van der Waals surface area contributed by atoms with Gasteiger partial charge in [0.25, 0.3) is 0 Å². The Balaban J connectivity index is 2.95. The van der Waals surface area contributed by atoms with E-state index < -0.39 is 12.2 Å². The van der Waals surface area contributed by atoms with Crippen LogP contribution in [-0.4, -0.2) is 16.3 Å². The van der Waals surface area contributed by atoms with Gasteiger partial charge in [0.1, 0.15) is 6.10 Å². The molecule has 3 nitrogen and oxygen atoms in total. The number of hydrogen-bond donors (Lipinski definition) is 2. The molecule has 2 unspecified atom stereocenters. The minimum absolute atomic E-state index is 0.650. The minimum atomic E-state index is -1.34. The summed E-state index contributed by atoms with van der Waals surface area (Å²) in [4.78, 5) is 2.01. The Morgan fingerprint density at radius 1 is 1.46 bits per heavy atom. The molecule has 0 aliphatic rings. The van der Waals surface area contributed by atoms with E-state index in [2.05, 4.69) is 0 Å². The van der Waals surface area contributed by atoms with Crippen LogP contribution in [0.25, 0.3) is 0 Å². The summed E-state index contributed by atoms with van der Waals surface area (Å²) in [5.41, 5.74) is 0.650. The molecular formula is C9H11NO2S. The Hall–Kier alpha value is -0.890. The van der Waals surface area contributed by atoms with Crippen LogP contribution in [0.15, 0.2) is 6.07 Å². The molecule has 0 bridgehead atoms. The lowest BCUT2D eigenvalue weighted by atomic mass is 10.1. The number of thiophene rings is 1. The predicted molar refractivity (Wildman–Crippen MR) is 50.4 cm³/mol. The highest BCUT2D eigenvalue weighted by Gasteiger charge is 2.20. The number of nitrogens with zero attached hydrogens (tertiary/aromatic N) is 1. The number of rotatable bonds is 2. The van der Waals surface area contributed by atoms with Crippen LogP contribution in [0.1, 0.15) is 21.4 Å². The molecule has 0 amide bonds. The van der Waals surface area contributed by atoms with Crippen molar-refractivity contribution in [2.75, 3.05) is 0 Å². The number of aryl methyl sites for hydroxylation is 2. The van der Waals surface area contributed by atoms with E-state index in [0.29, 0.717) is 5.56 Å². The summed E-state index contributed by atoms with van der Waals surface area (Å²) < 4.78 is 0. The lowest BCUT2D eigenvalue weighted by Crippen LogP contribution is -2.15. The quantitative estimate of drug-likeness (QED) is 0.702. The van der Waals surface area contributed by atoms with Crippen molar-refractivity contribution in [1.82, 2.24) is 0 Å². The van der Waals surface area contributed by atoms with Crippen molar-refractivity contribution in [3.05, 3.63) is 21.4 Å². The molecule has 2 atom stereocenters. The van der Waals surface area contributed by atoms with E-state index in [4.69, 9.17) is 10.4 Å². The highest BCUT2D eigenvalue weighted by molar-refractivity contribution is 7.12. The van der Waals surface area contributed by atoms with E-state index in [9.17, 15) is 5.11 Å². The van der Waals surface area contributed by atoms with Gasteiger partial charge in [0, 0.05) is 9.75 Å². The Kier molecular flexibility index (Phi) is 3.04. The van der Waals surface area contributed by atoms with E-state index in [1.54, 1.807) is 23.5 Å². The molecule has 1 heterocycles. The summed E-state index contributed by atoms with van der Waals surface area (Å²) in [6.45, 7) is 3.78. The Labute approximate surface area is 80.9 Å². The van der Waals surface area contributed by atoms with E-state index in [0.717, 1.165) is 9.75 Å². The first kappa shape index (κ1) is 10.2. The molecule has 0 fully saturated rings. The van der Waals surface area contributed by atoms with Crippen molar-refractivity contribution < 1.29 is 10.2 Å². The average molecular weight is 197 g/mol. The molecule has 0 aromatic carbocycles. The number of hydrogen-bond acceptors (Lipinski definition) is 4. The summed E-state index contributed by atoms with van der Waals surface area (Å²) in [5, 5.41) is 27.0. The summed E-state index contributed by atoms with van der Waals surface area (Å²) in [7, 11) is 0. The van der Waals surface area contributed by atoms with E-state index in [1.165, 1.54) is 0 Å². The van der Waals surface area contributed by atoms with Crippen LogP contribution in [0.4, 0.5) is 0 Å². The average Bonchev–Trinajstić information content (AvgIpc) is 2.42. The molecule has 1 aromatic rings. The van der Waals surface area contributed by atoms with Crippen molar-refractivity contribution in [2.24, 2.45) is 0 Å². The largest absolute Gasteiger partial charge is 0.385 e. The summed E-state index contributed by atoms with van der Waals surface area (Å²) >= 11 is 1.54. The molecule has 0 aliphatic carbocycles. The topological polar surface area (TPSA) is 64.2 Å². The molecule has 4 heteroatoms. The van der Waals surface area contributed by atoms with Crippen LogP contribution in [0.2, 0.25) is 0 Å². The highest BCUT2D eigenvalue weighted by Crippen LogP contribution is 2.27. The summed E-state index contributed by atoms with van der Waals surface area (Å²) in [6, 6.07) is 3.41. The fraction of sp³-hybridized carbons (Fsp3) is 0.444. The number of aliphatic hydroxyl groups excluding tert-OH is 2. The molecule has 0 spiro atoms. The van der Waals surface area contributed by atoms with Crippen molar-refractivity contribution >= 4 is 11.3 Å². The first-order chi connectivity index (χ1) is 6.06. The smallest absolute Gasteiger partial charge is 0.170 e. The van der Waals surface area contributed by atoms with Gasteiger partial charge in [-0.25, -0.2) is 0 Å². The molecule has 0 saturated carbocycles. The van der Waals surface area contributed by atoms with Gasteiger partial charge in [-0.15, -0.1) is 11.3 Å². The second-order valence-electron chi connectivity index (χ2n) is 2.89. The number of aliphatic hydroxyl groups is 2. The van der Waals surface area contributed by atoms with Crippen molar-refractivity contribution in [1.29, 1.82) is 5.26 Å². The molecule has 2 N–H and O–H groups in total. The third-order valence-electron chi connectivity index (χ3n) is 1.83. The fourth-order valence-corrected chi connectivity index (χ4v) is 2.15. The van der Waals surface area contributed by atoms with Crippen LogP contribution < -0.4 is 0 Å². The second kappa shape index (κ2) is 3.88. The zero-order valence-corrected chi connectivity index (χ0v) is 8.30. The van der Waals surface area contributed by atoms with Crippen molar-refractivity contribution in [2.45, 2.75) is 26.1 Å². The lowest BCUT2D eigenvalue weighted by Gasteiger charge is -2.10. The van der Waals surface area contributed by atoms with E-state index in [1.807, 2.05) is 13.8 Å². The van der Waals surface area contributed by atoms with E-state index >= 15 is 0 Å². The van der Waals surface area contributed by atoms with Gasteiger partial charge < -0.3 is 10.2 Å². The first-order valence-electron chi connectivity index (χ1n) is 3.89. The third-order valence-corrected chi connectivity index (χ3v) is 2.81. The van der Waals surface area contributed by atoms with Crippen LogP contribution >= 0.6 is 11.3 Å². The van der Waals surface area contributed by atoms with Gasteiger partial charge in [0.15, 0.2) is 6.10 Å². The van der Waals surface area contributed by atoms with Gasteiger partial charge in [0.2, 0.25) is 0 Å². The molecule has 0 radical (unpaired) electrons. The maximum Gasteiger partial charge on any atom is 0.170 e. The molecule has 1 aromatic heterocycles. The van der Waals surface area contributed by atoms with Crippen LogP contribution in [0, 0.1) is 25.2 Å². The van der Waals surface area contributed by atoms with E-state index in [-0.39, 0.29) is 0 Å². The second-order valence-corrected chi connectivity index (χ2v) is 4.35. The molecule has 70 valence electrons. The normalized spacial score (nSPS) is 15.0. The van der Waals surface area contributed by atoms with Gasteiger partial charge in [-0.05, 0) is 25.5 Å². The maximum absolute atomic E-state index is 9.52. The van der Waals surface area contributed by atoms with Gasteiger partial charge in [-0.1, -0.05) is 0 Å². The fourth-order valence-electron chi connectivity index (χ4n) is 1.18. The monoisotopic (exact) mass is 197 g/mol. The lowest BCUT2D eigenvalue weighted by molar-refractivity contribution is 0.0527. The molecule has 13 heavy (non-hydrogen) atoms. The summed E-state index contributed by atoms with van der Waals surface area (Å²) in [5.74, 6) is 0. The van der Waals surface area contributed by atoms with Gasteiger partial charge in [-0.2, -0.15) is 5.26 Å². The standard InChI is InChI=1S/C9H11NO2S/c1-5-3-7(6(2)13-5)9(12)8(11)4-10/h3,8-9,11-12H,1-2H3. The Morgan fingerprint density at radius 2 is 2.08 bits per heavy atom. The Morgan fingerprint density at radius 3 is 2.46 bits per heavy atom.